The van der Waals surface area contributed by atoms with Crippen LogP contribution in [-0.2, 0) is 11.2 Å². The van der Waals surface area contributed by atoms with Gasteiger partial charge in [-0.3, -0.25) is 5.32 Å². The summed E-state index contributed by atoms with van der Waals surface area (Å²) < 4.78 is 6.16. The molecular weight excluding hydrogens is 368 g/mol. The zero-order valence-corrected chi connectivity index (χ0v) is 19.0. The van der Waals surface area contributed by atoms with Crippen molar-refractivity contribution >= 4 is 0 Å². The van der Waals surface area contributed by atoms with E-state index < -0.39 is 0 Å². The van der Waals surface area contributed by atoms with E-state index in [1.807, 2.05) is 0 Å². The zero-order chi connectivity index (χ0) is 20.6. The average Bonchev–Trinajstić information content (AvgIpc) is 3.21. The molecule has 1 aromatic rings. The molecule has 30 heavy (non-hydrogen) atoms. The molecule has 0 amide bonds. The first-order valence-corrected chi connectivity index (χ1v) is 12.6. The van der Waals surface area contributed by atoms with E-state index in [1.165, 1.54) is 82.7 Å². The lowest BCUT2D eigenvalue weighted by Gasteiger charge is -2.32. The van der Waals surface area contributed by atoms with Crippen molar-refractivity contribution < 1.29 is 4.74 Å². The molecule has 3 fully saturated rings. The highest BCUT2D eigenvalue weighted by Gasteiger charge is 2.35. The summed E-state index contributed by atoms with van der Waals surface area (Å²) in [6, 6.07) is 12.3. The number of hydrogen-bond donors (Lipinski definition) is 1. The van der Waals surface area contributed by atoms with Gasteiger partial charge in [0.2, 0.25) is 0 Å². The van der Waals surface area contributed by atoms with Gasteiger partial charge in [0, 0.05) is 18.7 Å². The van der Waals surface area contributed by atoms with Gasteiger partial charge in [0.25, 0.3) is 0 Å². The monoisotopic (exact) mass is 410 g/mol. The molecule has 4 rings (SSSR count). The van der Waals surface area contributed by atoms with E-state index in [9.17, 15) is 0 Å². The van der Waals surface area contributed by atoms with Gasteiger partial charge in [-0.2, -0.15) is 0 Å². The number of hydrogen-bond acceptors (Lipinski definition) is 3. The van der Waals surface area contributed by atoms with Crippen molar-refractivity contribution in [1.82, 2.24) is 10.2 Å². The molecule has 2 saturated carbocycles. The third-order valence-electron chi connectivity index (χ3n) is 7.74. The summed E-state index contributed by atoms with van der Waals surface area (Å²) >= 11 is 0. The van der Waals surface area contributed by atoms with Crippen LogP contribution < -0.4 is 5.32 Å². The van der Waals surface area contributed by atoms with Crippen molar-refractivity contribution in [3.8, 4) is 0 Å². The molecule has 3 unspecified atom stereocenters. The van der Waals surface area contributed by atoms with E-state index in [0.29, 0.717) is 6.23 Å². The van der Waals surface area contributed by atoms with Crippen LogP contribution in [0.3, 0.4) is 0 Å². The van der Waals surface area contributed by atoms with Crippen molar-refractivity contribution in [1.29, 1.82) is 0 Å². The molecule has 0 spiro atoms. The molecule has 1 N–H and O–H groups in total. The van der Waals surface area contributed by atoms with Crippen molar-refractivity contribution in [2.75, 3.05) is 20.2 Å². The minimum atomic E-state index is 0.329. The van der Waals surface area contributed by atoms with Crippen LogP contribution in [0.2, 0.25) is 0 Å². The van der Waals surface area contributed by atoms with Gasteiger partial charge in [-0.1, -0.05) is 54.8 Å². The van der Waals surface area contributed by atoms with Crippen LogP contribution in [0.4, 0.5) is 0 Å². The Morgan fingerprint density at radius 1 is 1.03 bits per heavy atom. The van der Waals surface area contributed by atoms with Gasteiger partial charge >= 0.3 is 0 Å². The minimum absolute atomic E-state index is 0.329. The average molecular weight is 411 g/mol. The number of benzene rings is 1. The maximum Gasteiger partial charge on any atom is 0.108 e. The van der Waals surface area contributed by atoms with Gasteiger partial charge in [-0.25, -0.2) is 0 Å². The fourth-order valence-electron chi connectivity index (χ4n) is 5.77. The Labute approximate surface area is 184 Å². The minimum Gasteiger partial charge on any atom is -0.363 e. The lowest BCUT2D eigenvalue weighted by molar-refractivity contribution is 0.0354. The quantitative estimate of drug-likeness (QED) is 0.417. The molecule has 3 nitrogen and oxygen atoms in total. The van der Waals surface area contributed by atoms with Crippen molar-refractivity contribution in [2.24, 2.45) is 5.92 Å². The second-order valence-corrected chi connectivity index (χ2v) is 9.88. The van der Waals surface area contributed by atoms with Crippen LogP contribution in [0, 0.1) is 5.92 Å². The molecule has 3 atom stereocenters. The largest absolute Gasteiger partial charge is 0.363 e. The van der Waals surface area contributed by atoms with Crippen LogP contribution in [0.5, 0.6) is 0 Å². The lowest BCUT2D eigenvalue weighted by Crippen LogP contribution is -2.35. The number of allylic oxidation sites excluding steroid dienone is 2. The Balaban J connectivity index is 1.06. The highest BCUT2D eigenvalue weighted by molar-refractivity contribution is 5.20. The third kappa shape index (κ3) is 6.42. The van der Waals surface area contributed by atoms with Crippen LogP contribution in [-0.4, -0.2) is 43.4 Å². The molecule has 1 aliphatic heterocycles. The van der Waals surface area contributed by atoms with Crippen LogP contribution in [0.25, 0.3) is 0 Å². The van der Waals surface area contributed by atoms with Crippen molar-refractivity contribution in [3.05, 3.63) is 47.5 Å². The predicted molar refractivity (Wildman–Crippen MR) is 126 cm³/mol. The second-order valence-electron chi connectivity index (χ2n) is 9.88. The Morgan fingerprint density at radius 3 is 2.63 bits per heavy atom. The second kappa shape index (κ2) is 11.5. The fraction of sp³-hybridized carbons (Fsp3) is 0.704. The number of fused-ring (bicyclic) bond motifs is 1. The molecule has 3 aliphatic rings. The number of nitrogens with zero attached hydrogens (tertiary/aromatic N) is 1. The van der Waals surface area contributed by atoms with Gasteiger partial charge in [-0.05, 0) is 89.3 Å². The first-order valence-electron chi connectivity index (χ1n) is 12.6. The third-order valence-corrected chi connectivity index (χ3v) is 7.74. The molecule has 1 saturated heterocycles. The number of nitrogens with one attached hydrogen (secondary N) is 1. The van der Waals surface area contributed by atoms with Gasteiger partial charge in [0.1, 0.15) is 6.23 Å². The zero-order valence-electron chi connectivity index (χ0n) is 19.0. The molecule has 0 aromatic heterocycles. The van der Waals surface area contributed by atoms with Gasteiger partial charge < -0.3 is 9.64 Å². The molecular formula is C27H42N2O. The highest BCUT2D eigenvalue weighted by Crippen LogP contribution is 2.33. The maximum absolute atomic E-state index is 6.16. The molecule has 3 heteroatoms. The van der Waals surface area contributed by atoms with Gasteiger partial charge in [0.15, 0.2) is 0 Å². The van der Waals surface area contributed by atoms with Crippen molar-refractivity contribution in [3.63, 3.8) is 0 Å². The normalized spacial score (nSPS) is 29.2. The van der Waals surface area contributed by atoms with E-state index in [4.69, 9.17) is 4.74 Å². The maximum atomic E-state index is 6.16. The summed E-state index contributed by atoms with van der Waals surface area (Å²) in [6.45, 7) is 2.13. The summed E-state index contributed by atoms with van der Waals surface area (Å²) in [6.07, 6.45) is 18.4. The molecule has 0 bridgehead atoms. The van der Waals surface area contributed by atoms with Gasteiger partial charge in [-0.15, -0.1) is 0 Å². The Morgan fingerprint density at radius 2 is 1.83 bits per heavy atom. The summed E-state index contributed by atoms with van der Waals surface area (Å²) in [5, 5.41) is 3.73. The number of unbranched alkanes of at least 4 members (excludes halogenated alkanes) is 1. The van der Waals surface area contributed by atoms with E-state index in [2.05, 4.69) is 53.7 Å². The fourth-order valence-corrected chi connectivity index (χ4v) is 5.77. The Bertz CT molecular complexity index is 634. The summed E-state index contributed by atoms with van der Waals surface area (Å²) in [7, 11) is 2.33. The molecule has 1 heterocycles. The van der Waals surface area contributed by atoms with Gasteiger partial charge in [0.05, 0.1) is 0 Å². The lowest BCUT2D eigenvalue weighted by atomic mass is 9.85. The highest BCUT2D eigenvalue weighted by atomic mass is 16.5. The van der Waals surface area contributed by atoms with Crippen LogP contribution in [0.1, 0.15) is 76.2 Å². The summed E-state index contributed by atoms with van der Waals surface area (Å²) in [5.74, 6) is 0.882. The molecule has 2 aliphatic carbocycles. The standard InChI is InChI=1S/C27H42N2O/c1-29(19-7-8-20-30-27-21-24-11-5-6-12-26(24)28-27)25-17-15-23(16-18-25)14-13-22-9-3-2-4-10-22/h2-4,9-10,14,24-28H,5-8,11-13,15-21H2,1H3. The molecule has 166 valence electrons. The van der Waals surface area contributed by atoms with E-state index in [1.54, 1.807) is 5.57 Å². The van der Waals surface area contributed by atoms with Crippen molar-refractivity contribution in [2.45, 2.75) is 95.4 Å². The topological polar surface area (TPSA) is 24.5 Å². The first kappa shape index (κ1) is 22.0. The Kier molecular flexibility index (Phi) is 8.42. The molecule has 1 aromatic carbocycles. The van der Waals surface area contributed by atoms with Crippen LogP contribution >= 0.6 is 0 Å². The number of rotatable bonds is 9. The van der Waals surface area contributed by atoms with E-state index in [-0.39, 0.29) is 0 Å². The molecule has 0 radical (unpaired) electrons. The summed E-state index contributed by atoms with van der Waals surface area (Å²) in [5.41, 5.74) is 3.10. The SMILES string of the molecule is CN(CCCCOC1CC2CCCCC2N1)C1CCC(=CCc2ccccc2)CC1. The summed E-state index contributed by atoms with van der Waals surface area (Å²) in [4.78, 5) is 2.61. The Hall–Kier alpha value is -1.16. The number of ether oxygens (including phenoxy) is 1. The first-order chi connectivity index (χ1) is 14.8. The smallest absolute Gasteiger partial charge is 0.108 e. The van der Waals surface area contributed by atoms with E-state index in [0.717, 1.165) is 31.0 Å². The van der Waals surface area contributed by atoms with Crippen LogP contribution in [0.15, 0.2) is 42.0 Å². The van der Waals surface area contributed by atoms with E-state index >= 15 is 0 Å². The predicted octanol–water partition coefficient (Wildman–Crippen LogP) is 5.70.